The number of hydrogen-bond acceptors (Lipinski definition) is 3. The third-order valence-corrected chi connectivity index (χ3v) is 3.68. The maximum Gasteiger partial charge on any atom is 0.0464 e. The van der Waals surface area contributed by atoms with Gasteiger partial charge in [0.25, 0.3) is 0 Å². The summed E-state index contributed by atoms with van der Waals surface area (Å²) in [5, 5.41) is 12.8. The van der Waals surface area contributed by atoms with Crippen LogP contribution >= 0.6 is 11.8 Å². The Bertz CT molecular complexity index is 121. The van der Waals surface area contributed by atoms with E-state index in [2.05, 4.69) is 26.1 Å². The fraction of sp³-hybridized carbons (Fsp3) is 1.00. The first kappa shape index (κ1) is 13.3. The molecule has 80 valence electrons. The highest BCUT2D eigenvalue weighted by Crippen LogP contribution is 2.18. The van der Waals surface area contributed by atoms with E-state index in [9.17, 15) is 0 Å². The maximum atomic E-state index is 8.85. The van der Waals surface area contributed by atoms with Crippen molar-refractivity contribution in [3.63, 3.8) is 0 Å². The first-order chi connectivity index (χ1) is 6.10. The number of aliphatic hydroxyl groups excluding tert-OH is 1. The normalized spacial score (nSPS) is 18.2. The van der Waals surface area contributed by atoms with Gasteiger partial charge in [-0.15, -0.1) is 0 Å². The zero-order chi connectivity index (χ0) is 10.3. The molecule has 3 atom stereocenters. The molecule has 0 bridgehead atoms. The summed E-state index contributed by atoms with van der Waals surface area (Å²) in [5.41, 5.74) is 0. The molecule has 0 aromatic heterocycles. The SMILES string of the molecule is CNC(C)CC(C)SCC(C)CO. The summed E-state index contributed by atoms with van der Waals surface area (Å²) in [4.78, 5) is 0. The minimum absolute atomic E-state index is 0.307. The molecule has 0 rings (SSSR count). The third-order valence-electron chi connectivity index (χ3n) is 2.16. The number of nitrogens with one attached hydrogen (secondary N) is 1. The van der Waals surface area contributed by atoms with E-state index in [4.69, 9.17) is 5.11 Å². The van der Waals surface area contributed by atoms with Crippen LogP contribution in [0.15, 0.2) is 0 Å². The van der Waals surface area contributed by atoms with Crippen LogP contribution in [-0.2, 0) is 0 Å². The lowest BCUT2D eigenvalue weighted by atomic mass is 10.2. The van der Waals surface area contributed by atoms with Crippen LogP contribution in [0.5, 0.6) is 0 Å². The van der Waals surface area contributed by atoms with Crippen molar-refractivity contribution in [2.75, 3.05) is 19.4 Å². The van der Waals surface area contributed by atoms with Crippen molar-refractivity contribution in [2.24, 2.45) is 5.92 Å². The average molecular weight is 205 g/mol. The second-order valence-corrected chi connectivity index (χ2v) is 5.33. The van der Waals surface area contributed by atoms with Gasteiger partial charge in [-0.3, -0.25) is 0 Å². The van der Waals surface area contributed by atoms with Gasteiger partial charge in [0.05, 0.1) is 0 Å². The second kappa shape index (κ2) is 7.65. The van der Waals surface area contributed by atoms with E-state index in [0.29, 0.717) is 23.8 Å². The topological polar surface area (TPSA) is 32.3 Å². The van der Waals surface area contributed by atoms with E-state index in [1.54, 1.807) is 0 Å². The van der Waals surface area contributed by atoms with Gasteiger partial charge in [-0.2, -0.15) is 11.8 Å². The molecule has 0 aliphatic rings. The van der Waals surface area contributed by atoms with Crippen LogP contribution < -0.4 is 5.32 Å². The van der Waals surface area contributed by atoms with Gasteiger partial charge < -0.3 is 10.4 Å². The van der Waals surface area contributed by atoms with Gasteiger partial charge in [0.15, 0.2) is 0 Å². The molecule has 0 saturated heterocycles. The molecule has 0 amide bonds. The predicted octanol–water partition coefficient (Wildman–Crippen LogP) is 1.73. The minimum Gasteiger partial charge on any atom is -0.396 e. The van der Waals surface area contributed by atoms with Gasteiger partial charge in [-0.1, -0.05) is 13.8 Å². The van der Waals surface area contributed by atoms with Gasteiger partial charge in [0.1, 0.15) is 0 Å². The van der Waals surface area contributed by atoms with Crippen molar-refractivity contribution in [3.8, 4) is 0 Å². The molecule has 2 N–H and O–H groups in total. The summed E-state index contributed by atoms with van der Waals surface area (Å²) in [6, 6.07) is 0.590. The Morgan fingerprint density at radius 1 is 1.31 bits per heavy atom. The Morgan fingerprint density at radius 2 is 1.92 bits per heavy atom. The zero-order valence-electron chi connectivity index (χ0n) is 9.21. The second-order valence-electron chi connectivity index (χ2n) is 3.86. The van der Waals surface area contributed by atoms with Crippen molar-refractivity contribution in [3.05, 3.63) is 0 Å². The van der Waals surface area contributed by atoms with Crippen LogP contribution in [0, 0.1) is 5.92 Å². The molecular formula is C10H23NOS. The van der Waals surface area contributed by atoms with E-state index in [-0.39, 0.29) is 0 Å². The summed E-state index contributed by atoms with van der Waals surface area (Å²) in [6.45, 7) is 6.84. The highest BCUT2D eigenvalue weighted by molar-refractivity contribution is 7.99. The summed E-state index contributed by atoms with van der Waals surface area (Å²) >= 11 is 1.95. The van der Waals surface area contributed by atoms with Crippen LogP contribution in [0.1, 0.15) is 27.2 Å². The first-order valence-corrected chi connectivity index (χ1v) is 6.04. The molecule has 0 saturated carbocycles. The third kappa shape index (κ3) is 7.35. The smallest absolute Gasteiger partial charge is 0.0464 e. The highest BCUT2D eigenvalue weighted by atomic mass is 32.2. The lowest BCUT2D eigenvalue weighted by Crippen LogP contribution is -2.24. The van der Waals surface area contributed by atoms with E-state index >= 15 is 0 Å². The molecule has 0 aliphatic heterocycles. The van der Waals surface area contributed by atoms with Crippen molar-refractivity contribution in [2.45, 2.75) is 38.5 Å². The van der Waals surface area contributed by atoms with E-state index in [0.717, 1.165) is 5.75 Å². The fourth-order valence-corrected chi connectivity index (χ4v) is 2.25. The molecule has 0 aromatic carbocycles. The average Bonchev–Trinajstić information content (AvgIpc) is 2.13. The number of aliphatic hydroxyl groups is 1. The lowest BCUT2D eigenvalue weighted by molar-refractivity contribution is 0.250. The van der Waals surface area contributed by atoms with Gasteiger partial charge in [0, 0.05) is 17.9 Å². The van der Waals surface area contributed by atoms with Crippen LogP contribution in [0.4, 0.5) is 0 Å². The molecular weight excluding hydrogens is 182 g/mol. The van der Waals surface area contributed by atoms with Crippen LogP contribution in [-0.4, -0.2) is 35.8 Å². The van der Waals surface area contributed by atoms with Gasteiger partial charge in [-0.25, -0.2) is 0 Å². The monoisotopic (exact) mass is 205 g/mol. The van der Waals surface area contributed by atoms with Crippen LogP contribution in [0.2, 0.25) is 0 Å². The van der Waals surface area contributed by atoms with Gasteiger partial charge >= 0.3 is 0 Å². The molecule has 0 spiro atoms. The van der Waals surface area contributed by atoms with Crippen LogP contribution in [0.3, 0.4) is 0 Å². The molecule has 0 heterocycles. The van der Waals surface area contributed by atoms with Crippen molar-refractivity contribution < 1.29 is 5.11 Å². The van der Waals surface area contributed by atoms with Crippen LogP contribution in [0.25, 0.3) is 0 Å². The number of hydrogen-bond donors (Lipinski definition) is 2. The summed E-state index contributed by atoms with van der Waals surface area (Å²) < 4.78 is 0. The van der Waals surface area contributed by atoms with Crippen molar-refractivity contribution >= 4 is 11.8 Å². The number of rotatable bonds is 7. The standard InChI is InChI=1S/C10H23NOS/c1-8(6-12)7-13-10(3)5-9(2)11-4/h8-12H,5-7H2,1-4H3. The lowest BCUT2D eigenvalue weighted by Gasteiger charge is -2.17. The first-order valence-electron chi connectivity index (χ1n) is 4.99. The fourth-order valence-electron chi connectivity index (χ4n) is 1.07. The molecule has 0 aromatic rings. The Kier molecular flexibility index (Phi) is 7.81. The zero-order valence-corrected chi connectivity index (χ0v) is 10.0. The summed E-state index contributed by atoms with van der Waals surface area (Å²) in [5.74, 6) is 1.49. The van der Waals surface area contributed by atoms with Crippen molar-refractivity contribution in [1.29, 1.82) is 0 Å². The largest absolute Gasteiger partial charge is 0.396 e. The molecule has 0 radical (unpaired) electrons. The van der Waals surface area contributed by atoms with Gasteiger partial charge in [-0.05, 0) is 32.1 Å². The Hall–Kier alpha value is 0.270. The molecule has 2 nitrogen and oxygen atoms in total. The van der Waals surface area contributed by atoms with E-state index < -0.39 is 0 Å². The van der Waals surface area contributed by atoms with Gasteiger partial charge in [0.2, 0.25) is 0 Å². The quantitative estimate of drug-likeness (QED) is 0.664. The molecule has 3 heteroatoms. The Morgan fingerprint density at radius 3 is 2.38 bits per heavy atom. The Labute approximate surface area is 86.5 Å². The number of thioether (sulfide) groups is 1. The predicted molar refractivity (Wildman–Crippen MR) is 61.3 cm³/mol. The van der Waals surface area contributed by atoms with Crippen molar-refractivity contribution in [1.82, 2.24) is 5.32 Å². The minimum atomic E-state index is 0.307. The van der Waals surface area contributed by atoms with E-state index in [1.165, 1.54) is 6.42 Å². The molecule has 0 fully saturated rings. The molecule has 13 heavy (non-hydrogen) atoms. The Balaban J connectivity index is 3.45. The maximum absolute atomic E-state index is 8.85. The summed E-state index contributed by atoms with van der Waals surface area (Å²) in [6.07, 6.45) is 1.19. The summed E-state index contributed by atoms with van der Waals surface area (Å²) in [7, 11) is 2.00. The molecule has 0 aliphatic carbocycles. The highest BCUT2D eigenvalue weighted by Gasteiger charge is 2.09. The van der Waals surface area contributed by atoms with E-state index in [1.807, 2.05) is 18.8 Å². The molecule has 3 unspecified atom stereocenters.